The van der Waals surface area contributed by atoms with Crippen LogP contribution in [0.25, 0.3) is 0 Å². The Labute approximate surface area is 175 Å². The van der Waals surface area contributed by atoms with Crippen molar-refractivity contribution in [3.63, 3.8) is 0 Å². The summed E-state index contributed by atoms with van der Waals surface area (Å²) in [5.41, 5.74) is -0.361. The van der Waals surface area contributed by atoms with Crippen molar-refractivity contribution >= 4 is 5.97 Å². The van der Waals surface area contributed by atoms with Crippen LogP contribution >= 0.6 is 0 Å². The Morgan fingerprint density at radius 2 is 1.93 bits per heavy atom. The van der Waals surface area contributed by atoms with Gasteiger partial charge in [0.25, 0.3) is 0 Å². The van der Waals surface area contributed by atoms with E-state index in [1.807, 2.05) is 25.1 Å². The summed E-state index contributed by atoms with van der Waals surface area (Å²) in [4.78, 5) is 13.3. The van der Waals surface area contributed by atoms with Crippen molar-refractivity contribution in [2.75, 3.05) is 20.6 Å². The zero-order chi connectivity index (χ0) is 22.1. The molecule has 0 spiro atoms. The third-order valence-electron chi connectivity index (χ3n) is 6.02. The van der Waals surface area contributed by atoms with Gasteiger partial charge < -0.3 is 39.9 Å². The van der Waals surface area contributed by atoms with E-state index in [0.717, 1.165) is 25.8 Å². The largest absolute Gasteiger partial charge is 0.479 e. The van der Waals surface area contributed by atoms with Crippen molar-refractivity contribution in [1.82, 2.24) is 4.90 Å². The average Bonchev–Trinajstić information content (AvgIpc) is 2.70. The minimum atomic E-state index is -1.78. The number of carboxylic acid groups (broad SMARTS) is 1. The highest BCUT2D eigenvalue weighted by atomic mass is 16.7. The molecule has 0 aromatic heterocycles. The van der Waals surface area contributed by atoms with Crippen LogP contribution in [0.5, 0.6) is 5.75 Å². The van der Waals surface area contributed by atoms with Gasteiger partial charge in [0.15, 0.2) is 6.10 Å². The quantitative estimate of drug-likeness (QED) is 0.422. The van der Waals surface area contributed by atoms with Crippen molar-refractivity contribution in [3.8, 4) is 5.75 Å². The molecule has 1 aliphatic heterocycles. The lowest BCUT2D eigenvalue weighted by Crippen LogP contribution is -2.61. The van der Waals surface area contributed by atoms with E-state index >= 15 is 0 Å². The molecule has 1 aliphatic carbocycles. The fraction of sp³-hybridized carbons (Fsp3) is 0.667. The van der Waals surface area contributed by atoms with Gasteiger partial charge in [0.2, 0.25) is 6.29 Å². The average molecular weight is 425 g/mol. The van der Waals surface area contributed by atoms with Gasteiger partial charge in [0.1, 0.15) is 24.1 Å². The normalized spacial score (nSPS) is 37.2. The van der Waals surface area contributed by atoms with Gasteiger partial charge in [-0.15, -0.1) is 0 Å². The number of benzene rings is 1. The van der Waals surface area contributed by atoms with Crippen molar-refractivity contribution in [3.05, 3.63) is 29.8 Å². The number of ether oxygens (including phenoxy) is 2. The first-order valence-electron chi connectivity index (χ1n) is 10.2. The van der Waals surface area contributed by atoms with Gasteiger partial charge >= 0.3 is 5.97 Å². The van der Waals surface area contributed by atoms with E-state index in [-0.39, 0.29) is 11.7 Å². The predicted molar refractivity (Wildman–Crippen MR) is 106 cm³/mol. The summed E-state index contributed by atoms with van der Waals surface area (Å²) in [7, 11) is 3.93. The SMILES string of the molecule is CN(C)CC1CCCCC1(O)c1cccc(O[C@@H]2O[C@H](C(=O)O)[C@@H](O)[C@H](O)[C@@H]2O)c1. The van der Waals surface area contributed by atoms with E-state index in [9.17, 15) is 30.3 Å². The molecule has 7 atom stereocenters. The molecule has 9 heteroatoms. The van der Waals surface area contributed by atoms with Crippen LogP contribution in [0, 0.1) is 5.92 Å². The van der Waals surface area contributed by atoms with E-state index in [1.54, 1.807) is 18.2 Å². The highest BCUT2D eigenvalue weighted by Gasteiger charge is 2.48. The molecule has 2 unspecified atom stereocenters. The summed E-state index contributed by atoms with van der Waals surface area (Å²) in [6.45, 7) is 0.733. The van der Waals surface area contributed by atoms with Gasteiger partial charge in [-0.3, -0.25) is 0 Å². The van der Waals surface area contributed by atoms with Gasteiger partial charge in [-0.25, -0.2) is 4.79 Å². The summed E-state index contributed by atoms with van der Waals surface area (Å²) >= 11 is 0. The van der Waals surface area contributed by atoms with Crippen LogP contribution in [0.1, 0.15) is 31.2 Å². The second-order valence-corrected chi connectivity index (χ2v) is 8.51. The number of carboxylic acids is 1. The van der Waals surface area contributed by atoms with Crippen molar-refractivity contribution < 1.29 is 39.8 Å². The molecule has 2 aliphatic rings. The fourth-order valence-electron chi connectivity index (χ4n) is 4.41. The molecule has 0 bridgehead atoms. The molecule has 1 aromatic rings. The van der Waals surface area contributed by atoms with Gasteiger partial charge in [-0.2, -0.15) is 0 Å². The maximum absolute atomic E-state index is 11.5. The van der Waals surface area contributed by atoms with Crippen LogP contribution in [0.4, 0.5) is 0 Å². The zero-order valence-corrected chi connectivity index (χ0v) is 17.2. The number of aliphatic carboxylic acids is 1. The van der Waals surface area contributed by atoms with Gasteiger partial charge in [-0.1, -0.05) is 25.0 Å². The molecule has 2 fully saturated rings. The molecule has 1 heterocycles. The summed E-state index contributed by atoms with van der Waals surface area (Å²) in [5.74, 6) is -1.17. The van der Waals surface area contributed by atoms with Gasteiger partial charge in [0.05, 0.1) is 5.60 Å². The summed E-state index contributed by atoms with van der Waals surface area (Å²) in [6, 6.07) is 6.77. The minimum absolute atomic E-state index is 0.0429. The number of hydrogen-bond acceptors (Lipinski definition) is 8. The highest BCUT2D eigenvalue weighted by Crippen LogP contribution is 2.43. The van der Waals surface area contributed by atoms with E-state index in [2.05, 4.69) is 0 Å². The van der Waals surface area contributed by atoms with Crippen LogP contribution in [0.2, 0.25) is 0 Å². The Balaban J connectivity index is 1.82. The Kier molecular flexibility index (Phi) is 7.01. The van der Waals surface area contributed by atoms with Crippen LogP contribution < -0.4 is 4.74 Å². The Morgan fingerprint density at radius 1 is 1.20 bits per heavy atom. The van der Waals surface area contributed by atoms with Crippen molar-refractivity contribution in [2.24, 2.45) is 5.92 Å². The molecule has 1 saturated carbocycles. The first-order chi connectivity index (χ1) is 14.1. The van der Waals surface area contributed by atoms with Crippen LogP contribution in [-0.2, 0) is 15.1 Å². The summed E-state index contributed by atoms with van der Waals surface area (Å²) < 4.78 is 10.8. The van der Waals surface area contributed by atoms with Crippen molar-refractivity contribution in [2.45, 2.75) is 62.0 Å². The van der Waals surface area contributed by atoms with E-state index in [0.29, 0.717) is 12.0 Å². The van der Waals surface area contributed by atoms with Gasteiger partial charge in [0, 0.05) is 12.5 Å². The Bertz CT molecular complexity index is 743. The number of hydrogen-bond donors (Lipinski definition) is 5. The first kappa shape index (κ1) is 22.9. The molecular weight excluding hydrogens is 394 g/mol. The molecule has 1 saturated heterocycles. The third-order valence-corrected chi connectivity index (χ3v) is 6.02. The predicted octanol–water partition coefficient (Wildman–Crippen LogP) is -0.103. The zero-order valence-electron chi connectivity index (χ0n) is 17.2. The molecule has 0 amide bonds. The second-order valence-electron chi connectivity index (χ2n) is 8.51. The van der Waals surface area contributed by atoms with E-state index < -0.39 is 42.3 Å². The molecule has 5 N–H and O–H groups in total. The summed E-state index contributed by atoms with van der Waals surface area (Å²) in [5, 5.41) is 50.6. The minimum Gasteiger partial charge on any atom is -0.479 e. The first-order valence-corrected chi connectivity index (χ1v) is 10.2. The molecule has 3 rings (SSSR count). The number of aliphatic hydroxyl groups excluding tert-OH is 3. The summed E-state index contributed by atoms with van der Waals surface area (Å²) in [6.07, 6.45) is -4.91. The maximum atomic E-state index is 11.5. The number of aliphatic hydroxyl groups is 4. The lowest BCUT2D eigenvalue weighted by atomic mass is 9.71. The molecule has 0 radical (unpaired) electrons. The van der Waals surface area contributed by atoms with Crippen molar-refractivity contribution in [1.29, 1.82) is 0 Å². The van der Waals surface area contributed by atoms with E-state index in [1.165, 1.54) is 0 Å². The lowest BCUT2D eigenvalue weighted by Gasteiger charge is -2.42. The van der Waals surface area contributed by atoms with Gasteiger partial charge in [-0.05, 0) is 44.6 Å². The highest BCUT2D eigenvalue weighted by molar-refractivity contribution is 5.73. The molecule has 9 nitrogen and oxygen atoms in total. The maximum Gasteiger partial charge on any atom is 0.335 e. The number of carbonyl (C=O) groups is 1. The second kappa shape index (κ2) is 9.17. The lowest BCUT2D eigenvalue weighted by molar-refractivity contribution is -0.271. The molecule has 30 heavy (non-hydrogen) atoms. The Morgan fingerprint density at radius 3 is 2.60 bits per heavy atom. The monoisotopic (exact) mass is 425 g/mol. The smallest absolute Gasteiger partial charge is 0.335 e. The van der Waals surface area contributed by atoms with Crippen LogP contribution in [-0.4, -0.2) is 87.7 Å². The number of rotatable bonds is 6. The molecule has 168 valence electrons. The molecular formula is C21H31NO8. The third kappa shape index (κ3) is 4.61. The Hall–Kier alpha value is -1.75. The topological polar surface area (TPSA) is 140 Å². The number of nitrogens with zero attached hydrogens (tertiary/aromatic N) is 1. The van der Waals surface area contributed by atoms with E-state index in [4.69, 9.17) is 9.47 Å². The standard InChI is InChI=1S/C21H31NO8/c1-22(2)11-13-6-3-4-9-21(13,28)12-7-5-8-14(10-12)29-20-17(25)15(23)16(24)18(30-20)19(26)27/h5,7-8,10,13,15-18,20,23-25,28H,3-4,6,9,11H2,1-2H3,(H,26,27)/t13?,15-,16-,17-,18-,20+,21?/m0/s1. The van der Waals surface area contributed by atoms with Crippen LogP contribution in [0.3, 0.4) is 0 Å². The van der Waals surface area contributed by atoms with Crippen LogP contribution in [0.15, 0.2) is 24.3 Å². The molecule has 1 aromatic carbocycles. The fourth-order valence-corrected chi connectivity index (χ4v) is 4.41.